The third kappa shape index (κ3) is 3.29. The summed E-state index contributed by atoms with van der Waals surface area (Å²) in [6, 6.07) is 3.07. The predicted molar refractivity (Wildman–Crippen MR) is 133 cm³/mol. The Morgan fingerprint density at radius 2 is 1.84 bits per heavy atom. The number of carbonyl (C=O) groups excluding carboxylic acids is 5. The Balaban J connectivity index is 2.01. The number of benzene rings is 1. The monoisotopic (exact) mass is 519 g/mol. The van der Waals surface area contributed by atoms with Gasteiger partial charge in [0, 0.05) is 17.5 Å². The van der Waals surface area contributed by atoms with Gasteiger partial charge >= 0.3 is 0 Å². The molecule has 1 amide bonds. The SMILES string of the molecule is CCCC#Cc1ccc(O)c2c1C[C@@]1(N)C[C@@]3(N)[C@H](N(C)C)C(=O)C(C(N)=O)C(=O)[C@@]3(C#N)C(=O)C1C2=O. The number of ketones is 4. The van der Waals surface area contributed by atoms with Gasteiger partial charge in [0.1, 0.15) is 11.7 Å². The Bertz CT molecular complexity index is 1420. The van der Waals surface area contributed by atoms with Crippen molar-refractivity contribution >= 4 is 29.0 Å². The molecule has 7 N–H and O–H groups in total. The molecule has 0 bridgehead atoms. The van der Waals surface area contributed by atoms with E-state index in [1.54, 1.807) is 12.1 Å². The number of amides is 1. The number of aromatic hydroxyl groups is 1. The maximum Gasteiger partial charge on any atom is 0.235 e. The topological polar surface area (TPSA) is 211 Å². The average molecular weight is 520 g/mol. The van der Waals surface area contributed by atoms with Crippen LogP contribution in [-0.2, 0) is 25.6 Å². The molecule has 0 aromatic heterocycles. The van der Waals surface area contributed by atoms with Crippen molar-refractivity contribution < 1.29 is 29.1 Å². The minimum atomic E-state index is -2.76. The molecule has 4 rings (SSSR count). The molecule has 2 saturated carbocycles. The maximum absolute atomic E-state index is 14.2. The van der Waals surface area contributed by atoms with Gasteiger partial charge in [-0.1, -0.05) is 18.8 Å². The van der Waals surface area contributed by atoms with Gasteiger partial charge in [0.05, 0.1) is 23.2 Å². The molecule has 6 atom stereocenters. The number of phenolic OH excluding ortho intramolecular Hbond substituents is 1. The summed E-state index contributed by atoms with van der Waals surface area (Å²) >= 11 is 0. The van der Waals surface area contributed by atoms with Crippen LogP contribution < -0.4 is 17.2 Å². The van der Waals surface area contributed by atoms with Gasteiger partial charge in [-0.2, -0.15) is 5.26 Å². The Morgan fingerprint density at radius 3 is 2.39 bits per heavy atom. The van der Waals surface area contributed by atoms with Crippen molar-refractivity contribution in [2.45, 2.75) is 49.7 Å². The van der Waals surface area contributed by atoms with E-state index in [2.05, 4.69) is 11.8 Å². The van der Waals surface area contributed by atoms with Crippen molar-refractivity contribution in [3.63, 3.8) is 0 Å². The van der Waals surface area contributed by atoms with E-state index in [4.69, 9.17) is 17.2 Å². The van der Waals surface area contributed by atoms with Crippen LogP contribution in [0.5, 0.6) is 5.75 Å². The van der Waals surface area contributed by atoms with Gasteiger partial charge in [-0.15, -0.1) is 0 Å². The van der Waals surface area contributed by atoms with E-state index >= 15 is 0 Å². The summed E-state index contributed by atoms with van der Waals surface area (Å²) in [6.07, 6.45) is 0.788. The lowest BCUT2D eigenvalue weighted by molar-refractivity contribution is -0.166. The molecule has 3 aliphatic rings. The molecule has 0 aliphatic heterocycles. The smallest absolute Gasteiger partial charge is 0.235 e. The number of hydrogen-bond acceptors (Lipinski definition) is 10. The number of hydrogen-bond donors (Lipinski definition) is 4. The second kappa shape index (κ2) is 8.84. The van der Waals surface area contributed by atoms with Crippen molar-refractivity contribution in [2.75, 3.05) is 14.1 Å². The second-order valence-corrected chi connectivity index (χ2v) is 10.7. The Morgan fingerprint density at radius 1 is 1.18 bits per heavy atom. The van der Waals surface area contributed by atoms with E-state index in [0.29, 0.717) is 17.5 Å². The lowest BCUT2D eigenvalue weighted by Crippen LogP contribution is -2.85. The minimum absolute atomic E-state index is 0.142. The zero-order chi connectivity index (χ0) is 28.4. The lowest BCUT2D eigenvalue weighted by atomic mass is 9.42. The van der Waals surface area contributed by atoms with Crippen LogP contribution in [0.15, 0.2) is 12.1 Å². The molecule has 0 spiro atoms. The fourth-order valence-corrected chi connectivity index (χ4v) is 6.61. The summed E-state index contributed by atoms with van der Waals surface area (Å²) < 4.78 is 0. The van der Waals surface area contributed by atoms with Crippen molar-refractivity contribution in [2.24, 2.45) is 34.5 Å². The van der Waals surface area contributed by atoms with Crippen molar-refractivity contribution in [1.82, 2.24) is 4.90 Å². The number of fused-ring (bicyclic) bond motifs is 3. The minimum Gasteiger partial charge on any atom is -0.507 e. The van der Waals surface area contributed by atoms with Crippen LogP contribution in [0.3, 0.4) is 0 Å². The summed E-state index contributed by atoms with van der Waals surface area (Å²) in [6.45, 7) is 1.95. The fourth-order valence-electron chi connectivity index (χ4n) is 6.61. The molecule has 2 fully saturated rings. The highest BCUT2D eigenvalue weighted by Crippen LogP contribution is 2.56. The standard InChI is InChI=1S/C27H29N5O6/c1-4-5-6-7-13-8-9-15(33)16-14(13)10-25(30)11-27(31)21(32(2)3)20(35)17(24(29)38)22(36)26(27,12-28)23(37)18(25)19(16)34/h8-9,17-18,21,33H,4-5,10-11,30-31H2,1-3H3,(H2,29,38)/t17?,18?,21-,25-,26+,27-/m1/s1. The molecule has 198 valence electrons. The van der Waals surface area contributed by atoms with Crippen LogP contribution in [-0.4, -0.2) is 70.3 Å². The molecular formula is C27H29N5O6. The molecule has 0 heterocycles. The zero-order valence-corrected chi connectivity index (χ0v) is 21.3. The largest absolute Gasteiger partial charge is 0.507 e. The van der Waals surface area contributed by atoms with Gasteiger partial charge < -0.3 is 22.3 Å². The van der Waals surface area contributed by atoms with Gasteiger partial charge in [-0.05, 0) is 51.1 Å². The van der Waals surface area contributed by atoms with Crippen LogP contribution in [0.1, 0.15) is 47.7 Å². The number of carbonyl (C=O) groups is 5. The lowest BCUT2D eigenvalue weighted by Gasteiger charge is -2.60. The van der Waals surface area contributed by atoms with Gasteiger partial charge in [-0.25, -0.2) is 0 Å². The first-order valence-corrected chi connectivity index (χ1v) is 12.2. The van der Waals surface area contributed by atoms with Crippen LogP contribution >= 0.6 is 0 Å². The van der Waals surface area contributed by atoms with Crippen LogP contribution in [0, 0.1) is 40.4 Å². The summed E-state index contributed by atoms with van der Waals surface area (Å²) in [7, 11) is 2.90. The number of unbranched alkanes of at least 4 members (excludes halogenated alkanes) is 1. The number of primary amides is 1. The normalized spacial score (nSPS) is 34.0. The molecule has 3 aliphatic carbocycles. The molecule has 1 aromatic carbocycles. The molecule has 38 heavy (non-hydrogen) atoms. The number of nitriles is 1. The summed E-state index contributed by atoms with van der Waals surface area (Å²) in [5.74, 6) is -3.98. The first-order chi connectivity index (χ1) is 17.7. The number of Topliss-reactive ketones (excluding diaryl/α,β-unsaturated/α-hetero) is 4. The third-order valence-corrected chi connectivity index (χ3v) is 8.07. The highest BCUT2D eigenvalue weighted by Gasteiger charge is 2.78. The van der Waals surface area contributed by atoms with E-state index in [1.807, 2.05) is 6.92 Å². The second-order valence-electron chi connectivity index (χ2n) is 10.7. The van der Waals surface area contributed by atoms with E-state index in [-0.39, 0.29) is 12.0 Å². The molecule has 1 aromatic rings. The van der Waals surface area contributed by atoms with Crippen LogP contribution in [0.4, 0.5) is 0 Å². The van der Waals surface area contributed by atoms with Crippen LogP contribution in [0.2, 0.25) is 0 Å². The quantitative estimate of drug-likeness (QED) is 0.281. The highest BCUT2D eigenvalue weighted by molar-refractivity contribution is 6.33. The molecule has 2 unspecified atom stereocenters. The van der Waals surface area contributed by atoms with Gasteiger partial charge in [0.25, 0.3) is 0 Å². The summed E-state index contributed by atoms with van der Waals surface area (Å²) in [4.78, 5) is 68.7. The molecule has 0 radical (unpaired) electrons. The van der Waals surface area contributed by atoms with Crippen molar-refractivity contribution in [3.8, 4) is 23.7 Å². The highest BCUT2D eigenvalue weighted by atomic mass is 16.3. The first-order valence-electron chi connectivity index (χ1n) is 12.2. The Kier molecular flexibility index (Phi) is 6.32. The van der Waals surface area contributed by atoms with Gasteiger partial charge in [0.2, 0.25) is 5.91 Å². The van der Waals surface area contributed by atoms with Gasteiger partial charge in [-0.3, -0.25) is 28.9 Å². The predicted octanol–water partition coefficient (Wildman–Crippen LogP) is -1.04. The van der Waals surface area contributed by atoms with E-state index in [0.717, 1.165) is 6.42 Å². The molecule has 11 nitrogen and oxygen atoms in total. The van der Waals surface area contributed by atoms with Gasteiger partial charge in [0.15, 0.2) is 34.5 Å². The number of phenols is 1. The Labute approximate surface area is 219 Å². The zero-order valence-electron chi connectivity index (χ0n) is 21.3. The third-order valence-electron chi connectivity index (χ3n) is 8.07. The van der Waals surface area contributed by atoms with Crippen molar-refractivity contribution in [3.05, 3.63) is 28.8 Å². The van der Waals surface area contributed by atoms with Crippen molar-refractivity contribution in [1.29, 1.82) is 5.26 Å². The molecule has 11 heteroatoms. The summed E-state index contributed by atoms with van der Waals surface area (Å²) in [5, 5.41) is 21.0. The molecule has 0 saturated heterocycles. The number of nitrogens with zero attached hydrogens (tertiary/aromatic N) is 2. The number of nitrogens with two attached hydrogens (primary N) is 3. The first kappa shape index (κ1) is 27.1. The van der Waals surface area contributed by atoms with E-state index in [1.165, 1.54) is 25.1 Å². The summed E-state index contributed by atoms with van der Waals surface area (Å²) in [5.41, 5.74) is 12.9. The van der Waals surface area contributed by atoms with E-state index in [9.17, 15) is 34.3 Å². The average Bonchev–Trinajstić information content (AvgIpc) is 2.79. The molecular weight excluding hydrogens is 490 g/mol. The number of rotatable bonds is 3. The van der Waals surface area contributed by atoms with Crippen LogP contribution in [0.25, 0.3) is 0 Å². The number of likely N-dealkylation sites (N-methyl/N-ethyl adjacent to an activating group) is 1. The Hall–Kier alpha value is -3.90. The fraction of sp³-hybridized carbons (Fsp3) is 0.481. The maximum atomic E-state index is 14.2. The van der Waals surface area contributed by atoms with E-state index < -0.39 is 75.6 Å².